The molecule has 3 N–H and O–H groups in total. The number of hydrogen-bond donors (Lipinski definition) is 2. The first-order valence-corrected chi connectivity index (χ1v) is 5.92. The van der Waals surface area contributed by atoms with Crippen molar-refractivity contribution in [3.05, 3.63) is 34.4 Å². The molecule has 17 heavy (non-hydrogen) atoms. The molecule has 0 aliphatic heterocycles. The van der Waals surface area contributed by atoms with Gasteiger partial charge in [-0.15, -0.1) is 0 Å². The lowest BCUT2D eigenvalue weighted by Crippen LogP contribution is -2.34. The predicted molar refractivity (Wildman–Crippen MR) is 67.0 cm³/mol. The molecule has 0 bridgehead atoms. The van der Waals surface area contributed by atoms with Crippen molar-refractivity contribution in [1.82, 2.24) is 0 Å². The van der Waals surface area contributed by atoms with E-state index in [4.69, 9.17) is 5.73 Å². The van der Waals surface area contributed by atoms with Crippen molar-refractivity contribution >= 4 is 11.4 Å². The van der Waals surface area contributed by atoms with Gasteiger partial charge >= 0.3 is 0 Å². The average Bonchev–Trinajstić information content (AvgIpc) is 2.29. The Morgan fingerprint density at radius 1 is 1.41 bits per heavy atom. The molecule has 0 aromatic heterocycles. The second-order valence-corrected chi connectivity index (χ2v) is 4.58. The number of nitrogens with one attached hydrogen (secondary N) is 1. The lowest BCUT2D eigenvalue weighted by atomic mass is 9.91. The van der Waals surface area contributed by atoms with Crippen LogP contribution in [0.3, 0.4) is 0 Å². The van der Waals surface area contributed by atoms with Gasteiger partial charge in [-0.25, -0.2) is 0 Å². The zero-order valence-electron chi connectivity index (χ0n) is 9.63. The molecule has 0 amide bonds. The van der Waals surface area contributed by atoms with E-state index in [2.05, 4.69) is 5.32 Å². The van der Waals surface area contributed by atoms with Crippen molar-refractivity contribution in [3.8, 4) is 0 Å². The zero-order chi connectivity index (χ0) is 12.3. The SMILES string of the molecule is NC1CCCC(Nc2cccc([N+](=O)[O-])c2)C1. The van der Waals surface area contributed by atoms with Gasteiger partial charge in [-0.1, -0.05) is 6.07 Å². The fraction of sp³-hybridized carbons (Fsp3) is 0.500. The molecule has 1 saturated carbocycles. The van der Waals surface area contributed by atoms with E-state index in [1.54, 1.807) is 12.1 Å². The lowest BCUT2D eigenvalue weighted by Gasteiger charge is -2.28. The number of anilines is 1. The van der Waals surface area contributed by atoms with Crippen molar-refractivity contribution in [3.63, 3.8) is 0 Å². The first-order chi connectivity index (χ1) is 8.15. The van der Waals surface area contributed by atoms with E-state index in [0.29, 0.717) is 6.04 Å². The maximum atomic E-state index is 10.7. The van der Waals surface area contributed by atoms with E-state index in [1.165, 1.54) is 6.07 Å². The Morgan fingerprint density at radius 3 is 2.94 bits per heavy atom. The van der Waals surface area contributed by atoms with Gasteiger partial charge in [-0.05, 0) is 31.7 Å². The van der Waals surface area contributed by atoms with Gasteiger partial charge in [0.1, 0.15) is 0 Å². The third kappa shape index (κ3) is 3.17. The fourth-order valence-electron chi connectivity index (χ4n) is 2.30. The van der Waals surface area contributed by atoms with Crippen molar-refractivity contribution in [2.75, 3.05) is 5.32 Å². The van der Waals surface area contributed by atoms with Gasteiger partial charge in [0.15, 0.2) is 0 Å². The molecule has 0 heterocycles. The number of nitrogens with two attached hydrogens (primary N) is 1. The average molecular weight is 235 g/mol. The molecule has 1 aliphatic carbocycles. The molecule has 1 aromatic carbocycles. The Morgan fingerprint density at radius 2 is 2.24 bits per heavy atom. The molecule has 1 aromatic rings. The summed E-state index contributed by atoms with van der Waals surface area (Å²) in [6.07, 6.45) is 4.21. The van der Waals surface area contributed by atoms with Crippen LogP contribution in [0.2, 0.25) is 0 Å². The summed E-state index contributed by atoms with van der Waals surface area (Å²) in [5.74, 6) is 0. The molecule has 0 spiro atoms. The maximum Gasteiger partial charge on any atom is 0.271 e. The molecule has 92 valence electrons. The maximum absolute atomic E-state index is 10.7. The van der Waals surface area contributed by atoms with E-state index in [-0.39, 0.29) is 16.7 Å². The molecule has 2 rings (SSSR count). The molecule has 0 saturated heterocycles. The summed E-state index contributed by atoms with van der Waals surface area (Å²) in [6.45, 7) is 0. The summed E-state index contributed by atoms with van der Waals surface area (Å²) >= 11 is 0. The van der Waals surface area contributed by atoms with Crippen LogP contribution in [0.5, 0.6) is 0 Å². The molecular weight excluding hydrogens is 218 g/mol. The lowest BCUT2D eigenvalue weighted by molar-refractivity contribution is -0.384. The van der Waals surface area contributed by atoms with Crippen LogP contribution in [0.1, 0.15) is 25.7 Å². The monoisotopic (exact) mass is 235 g/mol. The Hall–Kier alpha value is -1.62. The number of nitrogens with zero attached hydrogens (tertiary/aromatic N) is 1. The fourth-order valence-corrected chi connectivity index (χ4v) is 2.30. The van der Waals surface area contributed by atoms with Crippen LogP contribution in [0.4, 0.5) is 11.4 Å². The van der Waals surface area contributed by atoms with Crippen LogP contribution in [0, 0.1) is 10.1 Å². The largest absolute Gasteiger partial charge is 0.382 e. The van der Waals surface area contributed by atoms with Crippen LogP contribution in [-0.2, 0) is 0 Å². The molecule has 5 heteroatoms. The van der Waals surface area contributed by atoms with Crippen LogP contribution < -0.4 is 11.1 Å². The highest BCUT2D eigenvalue weighted by molar-refractivity contribution is 5.51. The summed E-state index contributed by atoms with van der Waals surface area (Å²) in [5, 5.41) is 14.0. The number of nitro groups is 1. The number of non-ortho nitro benzene ring substituents is 1. The first-order valence-electron chi connectivity index (χ1n) is 5.92. The first kappa shape index (κ1) is 11.9. The van der Waals surface area contributed by atoms with Gasteiger partial charge in [0.25, 0.3) is 5.69 Å². The minimum absolute atomic E-state index is 0.120. The summed E-state index contributed by atoms with van der Waals surface area (Å²) in [4.78, 5) is 10.3. The number of nitro benzene ring substituents is 1. The molecular formula is C12H17N3O2. The Bertz CT molecular complexity index is 408. The minimum Gasteiger partial charge on any atom is -0.382 e. The molecule has 5 nitrogen and oxygen atoms in total. The smallest absolute Gasteiger partial charge is 0.271 e. The van der Waals surface area contributed by atoms with Crippen LogP contribution in [0.15, 0.2) is 24.3 Å². The number of rotatable bonds is 3. The normalized spacial score (nSPS) is 24.3. The number of hydrogen-bond acceptors (Lipinski definition) is 4. The molecule has 2 atom stereocenters. The van der Waals surface area contributed by atoms with Crippen LogP contribution in [-0.4, -0.2) is 17.0 Å². The highest BCUT2D eigenvalue weighted by Gasteiger charge is 2.19. The Labute approximate surface area is 100 Å². The van der Waals surface area contributed by atoms with Gasteiger partial charge in [-0.2, -0.15) is 0 Å². The van der Waals surface area contributed by atoms with Gasteiger partial charge in [0.2, 0.25) is 0 Å². The highest BCUT2D eigenvalue weighted by atomic mass is 16.6. The standard InChI is InChI=1S/C12H17N3O2/c13-9-3-1-4-10(7-9)14-11-5-2-6-12(8-11)15(16)17/h2,5-6,8-10,14H,1,3-4,7,13H2. The van der Waals surface area contributed by atoms with Gasteiger partial charge in [0.05, 0.1) is 4.92 Å². The predicted octanol–water partition coefficient (Wildman–Crippen LogP) is 2.28. The van der Waals surface area contributed by atoms with Crippen molar-refractivity contribution in [2.45, 2.75) is 37.8 Å². The quantitative estimate of drug-likeness (QED) is 0.622. The molecule has 1 fully saturated rings. The van der Waals surface area contributed by atoms with Crippen molar-refractivity contribution < 1.29 is 4.92 Å². The summed E-state index contributed by atoms with van der Waals surface area (Å²) < 4.78 is 0. The van der Waals surface area contributed by atoms with Gasteiger partial charge in [-0.3, -0.25) is 10.1 Å². The summed E-state index contributed by atoms with van der Waals surface area (Å²) in [6, 6.07) is 7.20. The van der Waals surface area contributed by atoms with Crippen molar-refractivity contribution in [1.29, 1.82) is 0 Å². The number of benzene rings is 1. The molecule has 2 unspecified atom stereocenters. The second kappa shape index (κ2) is 5.14. The van der Waals surface area contributed by atoms with Gasteiger partial charge < -0.3 is 11.1 Å². The summed E-state index contributed by atoms with van der Waals surface area (Å²) in [7, 11) is 0. The van der Waals surface area contributed by atoms with Gasteiger partial charge in [0, 0.05) is 29.9 Å². The topological polar surface area (TPSA) is 81.2 Å². The Balaban J connectivity index is 2.02. The van der Waals surface area contributed by atoms with Crippen LogP contribution >= 0.6 is 0 Å². The third-order valence-electron chi connectivity index (χ3n) is 3.14. The molecule has 0 radical (unpaired) electrons. The summed E-state index contributed by atoms with van der Waals surface area (Å²) in [5.41, 5.74) is 6.83. The van der Waals surface area contributed by atoms with E-state index in [0.717, 1.165) is 31.4 Å². The third-order valence-corrected chi connectivity index (χ3v) is 3.14. The van der Waals surface area contributed by atoms with E-state index < -0.39 is 0 Å². The zero-order valence-corrected chi connectivity index (χ0v) is 9.63. The van der Waals surface area contributed by atoms with E-state index in [1.807, 2.05) is 6.07 Å². The van der Waals surface area contributed by atoms with E-state index >= 15 is 0 Å². The van der Waals surface area contributed by atoms with Crippen LogP contribution in [0.25, 0.3) is 0 Å². The minimum atomic E-state index is -0.377. The highest BCUT2D eigenvalue weighted by Crippen LogP contribution is 2.23. The Kier molecular flexibility index (Phi) is 3.58. The molecule has 1 aliphatic rings. The van der Waals surface area contributed by atoms with Crippen molar-refractivity contribution in [2.24, 2.45) is 5.73 Å². The second-order valence-electron chi connectivity index (χ2n) is 4.58. The van der Waals surface area contributed by atoms with E-state index in [9.17, 15) is 10.1 Å².